The van der Waals surface area contributed by atoms with Gasteiger partial charge in [0, 0.05) is 17.3 Å². The van der Waals surface area contributed by atoms with E-state index in [1.165, 1.54) is 64.2 Å². The molecule has 0 aliphatic heterocycles. The zero-order valence-corrected chi connectivity index (χ0v) is 17.9. The molecule has 112 valence electrons. The largest absolute Gasteiger partial charge is 0.0853 e. The Balaban J connectivity index is 1.73. The molecular weight excluding hydrogens is 512 g/mol. The van der Waals surface area contributed by atoms with E-state index in [-0.39, 0.29) is 0 Å². The van der Waals surface area contributed by atoms with Gasteiger partial charge in [-0.1, -0.05) is 76.6 Å². The monoisotopic (exact) mass is 528 g/mol. The lowest BCUT2D eigenvalue weighted by atomic mass is 9.37. The van der Waals surface area contributed by atoms with Crippen LogP contribution in [0.4, 0.5) is 0 Å². The van der Waals surface area contributed by atoms with Crippen molar-refractivity contribution < 1.29 is 0 Å². The van der Waals surface area contributed by atoms with Crippen LogP contribution in [0.3, 0.4) is 0 Å². The minimum absolute atomic E-state index is 0.326. The molecule has 5 aliphatic rings. The summed E-state index contributed by atoms with van der Waals surface area (Å²) in [6.45, 7) is 0. The summed E-state index contributed by atoms with van der Waals surface area (Å²) in [4.78, 5) is 0. The van der Waals surface area contributed by atoms with Crippen molar-refractivity contribution in [1.29, 1.82) is 0 Å². The molecule has 2 spiro atoms. The molecule has 0 aromatic carbocycles. The third-order valence-electron chi connectivity index (χ3n) is 7.88. The number of hydrogen-bond donors (Lipinski definition) is 0. The number of rotatable bonds is 0. The van der Waals surface area contributed by atoms with E-state index in [9.17, 15) is 0 Å². The van der Waals surface area contributed by atoms with Crippen LogP contribution in [0.25, 0.3) is 0 Å². The van der Waals surface area contributed by atoms with Gasteiger partial charge in [0.2, 0.25) is 0 Å². The fraction of sp³-hybridized carbons (Fsp3) is 1.00. The highest BCUT2D eigenvalue weighted by molar-refractivity contribution is 9.13. The van der Waals surface area contributed by atoms with Crippen molar-refractivity contribution in [2.24, 2.45) is 10.8 Å². The summed E-state index contributed by atoms with van der Waals surface area (Å²) in [5.74, 6) is 0. The first-order valence-corrected chi connectivity index (χ1v) is 11.2. The second kappa shape index (κ2) is 3.61. The maximum Gasteiger partial charge on any atom is 0.0492 e. The van der Waals surface area contributed by atoms with Gasteiger partial charge in [-0.25, -0.2) is 0 Å². The number of alkyl halides is 4. The van der Waals surface area contributed by atoms with Crippen molar-refractivity contribution >= 4 is 63.7 Å². The van der Waals surface area contributed by atoms with Gasteiger partial charge in [-0.3, -0.25) is 0 Å². The van der Waals surface area contributed by atoms with Crippen LogP contribution >= 0.6 is 63.7 Å². The molecule has 5 saturated carbocycles. The Bertz CT molecular complexity index is 477. The first-order chi connectivity index (χ1) is 9.24. The van der Waals surface area contributed by atoms with Gasteiger partial charge in [0.1, 0.15) is 0 Å². The molecule has 4 bridgehead atoms. The van der Waals surface area contributed by atoms with Crippen LogP contribution in [0.1, 0.15) is 64.2 Å². The van der Waals surface area contributed by atoms with Crippen molar-refractivity contribution in [1.82, 2.24) is 0 Å². The summed E-state index contributed by atoms with van der Waals surface area (Å²) in [6, 6.07) is 0. The molecule has 0 saturated heterocycles. The van der Waals surface area contributed by atoms with Crippen molar-refractivity contribution in [3.8, 4) is 0 Å². The maximum atomic E-state index is 4.35. The average molecular weight is 532 g/mol. The van der Waals surface area contributed by atoms with Crippen LogP contribution in [0.15, 0.2) is 0 Å². The third kappa shape index (κ3) is 1.17. The quantitative estimate of drug-likeness (QED) is 0.315. The Morgan fingerprint density at radius 3 is 1.30 bits per heavy atom. The van der Waals surface area contributed by atoms with Crippen LogP contribution in [0.2, 0.25) is 0 Å². The van der Waals surface area contributed by atoms with Crippen LogP contribution < -0.4 is 0 Å². The topological polar surface area (TPSA) is 0 Å². The Hall–Kier alpha value is 1.92. The van der Waals surface area contributed by atoms with Gasteiger partial charge < -0.3 is 0 Å². The standard InChI is InChI=1S/C16H20Br4/c17-11-3-1-5-13(7-11)14-6-2-4-12(18,8-14)10-16(14,20)15(13,19)9-11/h1-10H2/t11-,12-,13-,14-,15-,16+/m1/s1. The van der Waals surface area contributed by atoms with E-state index in [4.69, 9.17) is 0 Å². The number of halogens is 4. The van der Waals surface area contributed by atoms with Gasteiger partial charge in [0.25, 0.3) is 0 Å². The highest BCUT2D eigenvalue weighted by atomic mass is 79.9. The average Bonchev–Trinajstić information content (AvgIpc) is 2.61. The smallest absolute Gasteiger partial charge is 0.0492 e. The fourth-order valence-electron chi connectivity index (χ4n) is 7.59. The molecule has 0 aromatic heterocycles. The van der Waals surface area contributed by atoms with Crippen LogP contribution in [-0.2, 0) is 0 Å². The Labute approximate surface area is 155 Å². The third-order valence-corrected chi connectivity index (χ3v) is 13.8. The SMILES string of the molecule is Br[C@]12CCC[C@]3(C1)[C@@](Br)(C2)[C@@]1(Br)C[C@@]2(Br)CCC[C@]13C2. The Kier molecular flexibility index (Phi) is 2.58. The molecule has 0 aromatic rings. The summed E-state index contributed by atoms with van der Waals surface area (Å²) in [5, 5.41) is 0. The number of hydrogen-bond acceptors (Lipinski definition) is 0. The molecule has 5 rings (SSSR count). The van der Waals surface area contributed by atoms with E-state index in [2.05, 4.69) is 63.7 Å². The number of fused-ring (bicyclic) bond motifs is 3. The van der Waals surface area contributed by atoms with E-state index in [0.717, 1.165) is 0 Å². The molecule has 0 heterocycles. The summed E-state index contributed by atoms with van der Waals surface area (Å²) >= 11 is 17.0. The lowest BCUT2D eigenvalue weighted by Crippen LogP contribution is -2.78. The lowest BCUT2D eigenvalue weighted by Gasteiger charge is -2.75. The molecular formula is C16H20Br4. The molecule has 0 unspecified atom stereocenters. The predicted octanol–water partition coefficient (Wildman–Crippen LogP) is 6.46. The normalized spacial score (nSPS) is 70.2. The van der Waals surface area contributed by atoms with Gasteiger partial charge >= 0.3 is 0 Å². The fourth-order valence-corrected chi connectivity index (χ4v) is 14.3. The molecule has 0 radical (unpaired) electrons. The molecule has 5 fully saturated rings. The minimum Gasteiger partial charge on any atom is -0.0853 e. The maximum absolute atomic E-state index is 4.35. The summed E-state index contributed by atoms with van der Waals surface area (Å²) in [5.41, 5.74) is 1.09. The molecule has 0 amide bonds. The van der Waals surface area contributed by atoms with Gasteiger partial charge in [0.05, 0.1) is 0 Å². The van der Waals surface area contributed by atoms with Crippen molar-refractivity contribution in [3.05, 3.63) is 0 Å². The van der Waals surface area contributed by atoms with Crippen molar-refractivity contribution in [2.75, 3.05) is 0 Å². The first kappa shape index (κ1) is 14.3. The highest BCUT2D eigenvalue weighted by Crippen LogP contribution is 2.93. The van der Waals surface area contributed by atoms with Crippen LogP contribution in [-0.4, -0.2) is 17.3 Å². The van der Waals surface area contributed by atoms with Gasteiger partial charge in [-0.05, 0) is 62.2 Å². The summed E-state index contributed by atoms with van der Waals surface area (Å²) in [7, 11) is 0. The second-order valence-electron chi connectivity index (χ2n) is 8.48. The Morgan fingerprint density at radius 2 is 0.900 bits per heavy atom. The lowest BCUT2D eigenvalue weighted by molar-refractivity contribution is -0.141. The van der Waals surface area contributed by atoms with Gasteiger partial charge in [-0.15, -0.1) is 0 Å². The van der Waals surface area contributed by atoms with Gasteiger partial charge in [-0.2, -0.15) is 0 Å². The highest BCUT2D eigenvalue weighted by Gasteiger charge is 2.92. The zero-order valence-electron chi connectivity index (χ0n) is 11.6. The summed E-state index contributed by atoms with van der Waals surface area (Å²) in [6.07, 6.45) is 13.9. The first-order valence-electron chi connectivity index (χ1n) is 8.00. The second-order valence-corrected chi connectivity index (χ2v) is 14.6. The van der Waals surface area contributed by atoms with Gasteiger partial charge in [0.15, 0.2) is 0 Å². The van der Waals surface area contributed by atoms with Crippen LogP contribution in [0.5, 0.6) is 0 Å². The minimum atomic E-state index is 0.326. The molecule has 0 nitrogen and oxygen atoms in total. The molecule has 4 heteroatoms. The van der Waals surface area contributed by atoms with E-state index in [0.29, 0.717) is 28.1 Å². The van der Waals surface area contributed by atoms with E-state index >= 15 is 0 Å². The van der Waals surface area contributed by atoms with Crippen molar-refractivity contribution in [2.45, 2.75) is 81.5 Å². The zero-order chi connectivity index (χ0) is 14.1. The predicted molar refractivity (Wildman–Crippen MR) is 97.7 cm³/mol. The van der Waals surface area contributed by atoms with Crippen LogP contribution in [0, 0.1) is 10.8 Å². The molecule has 20 heavy (non-hydrogen) atoms. The molecule has 0 N–H and O–H groups in total. The Morgan fingerprint density at radius 1 is 0.500 bits per heavy atom. The van der Waals surface area contributed by atoms with Crippen molar-refractivity contribution in [3.63, 3.8) is 0 Å². The van der Waals surface area contributed by atoms with E-state index in [1.54, 1.807) is 0 Å². The summed E-state index contributed by atoms with van der Waals surface area (Å²) < 4.78 is 1.49. The van der Waals surface area contributed by atoms with E-state index < -0.39 is 0 Å². The van der Waals surface area contributed by atoms with E-state index in [1.807, 2.05) is 0 Å². The molecule has 5 aliphatic carbocycles. The molecule has 6 atom stereocenters.